The SMILES string of the molecule is COc1cc(Nc2nccc3[nH]c(-c4ccc(C(=O)N(C)C)cc4)cc23)cc(OC)c1OC. The van der Waals surface area contributed by atoms with Crippen LogP contribution in [-0.2, 0) is 0 Å². The van der Waals surface area contributed by atoms with E-state index in [9.17, 15) is 4.79 Å². The number of aromatic nitrogens is 2. The van der Waals surface area contributed by atoms with Gasteiger partial charge in [-0.25, -0.2) is 4.98 Å². The van der Waals surface area contributed by atoms with Crippen molar-refractivity contribution < 1.29 is 19.0 Å². The number of anilines is 2. The van der Waals surface area contributed by atoms with Crippen LogP contribution in [0, 0.1) is 0 Å². The number of pyridine rings is 1. The van der Waals surface area contributed by atoms with Gasteiger partial charge in [0.2, 0.25) is 5.75 Å². The molecule has 2 heterocycles. The normalized spacial score (nSPS) is 10.7. The molecular formula is C25H26N4O4. The maximum Gasteiger partial charge on any atom is 0.253 e. The first-order chi connectivity index (χ1) is 15.9. The monoisotopic (exact) mass is 446 g/mol. The van der Waals surface area contributed by atoms with Gasteiger partial charge in [-0.15, -0.1) is 0 Å². The summed E-state index contributed by atoms with van der Waals surface area (Å²) in [4.78, 5) is 21.7. The van der Waals surface area contributed by atoms with E-state index in [4.69, 9.17) is 14.2 Å². The standard InChI is InChI=1S/C25H26N4O4/c1-29(2)25(30)16-8-6-15(7-9-16)20-14-18-19(28-20)10-11-26-24(18)27-17-12-21(31-3)23(33-5)22(13-17)32-4/h6-14,28H,1-5H3,(H,26,27). The quantitative estimate of drug-likeness (QED) is 0.428. The van der Waals surface area contributed by atoms with Gasteiger partial charge in [0, 0.05) is 54.8 Å². The molecular weight excluding hydrogens is 420 g/mol. The second-order valence-electron chi connectivity index (χ2n) is 7.62. The Morgan fingerprint density at radius 3 is 2.18 bits per heavy atom. The molecule has 0 fully saturated rings. The zero-order chi connectivity index (χ0) is 23.5. The zero-order valence-corrected chi connectivity index (χ0v) is 19.2. The van der Waals surface area contributed by atoms with Crippen molar-refractivity contribution in [2.45, 2.75) is 0 Å². The second kappa shape index (κ2) is 9.12. The zero-order valence-electron chi connectivity index (χ0n) is 19.2. The van der Waals surface area contributed by atoms with Gasteiger partial charge in [0.05, 0.1) is 26.8 Å². The number of nitrogens with zero attached hydrogens (tertiary/aromatic N) is 2. The van der Waals surface area contributed by atoms with Gasteiger partial charge < -0.3 is 29.4 Å². The first-order valence-corrected chi connectivity index (χ1v) is 10.3. The first kappa shape index (κ1) is 22.0. The van der Waals surface area contributed by atoms with Gasteiger partial charge in [0.25, 0.3) is 5.91 Å². The average Bonchev–Trinajstić information content (AvgIpc) is 3.28. The van der Waals surface area contributed by atoms with Gasteiger partial charge in [-0.3, -0.25) is 4.79 Å². The van der Waals surface area contributed by atoms with Gasteiger partial charge in [-0.1, -0.05) is 12.1 Å². The highest BCUT2D eigenvalue weighted by atomic mass is 16.5. The molecule has 0 aliphatic rings. The van der Waals surface area contributed by atoms with Gasteiger partial charge in [-0.2, -0.15) is 0 Å². The molecule has 2 N–H and O–H groups in total. The third-order valence-corrected chi connectivity index (χ3v) is 5.32. The highest BCUT2D eigenvalue weighted by Crippen LogP contribution is 2.41. The molecule has 0 radical (unpaired) electrons. The van der Waals surface area contributed by atoms with Crippen LogP contribution in [0.3, 0.4) is 0 Å². The number of rotatable bonds is 7. The van der Waals surface area contributed by atoms with Crippen LogP contribution in [0.2, 0.25) is 0 Å². The lowest BCUT2D eigenvalue weighted by atomic mass is 10.1. The molecule has 8 heteroatoms. The van der Waals surface area contributed by atoms with Gasteiger partial charge in [0.15, 0.2) is 11.5 Å². The summed E-state index contributed by atoms with van der Waals surface area (Å²) in [5.41, 5.74) is 4.23. The average molecular weight is 447 g/mol. The third-order valence-electron chi connectivity index (χ3n) is 5.32. The summed E-state index contributed by atoms with van der Waals surface area (Å²) in [6.07, 6.45) is 1.74. The van der Waals surface area contributed by atoms with Crippen molar-refractivity contribution in [3.8, 4) is 28.5 Å². The lowest BCUT2D eigenvalue weighted by molar-refractivity contribution is 0.0827. The Kier molecular flexibility index (Phi) is 6.08. The van der Waals surface area contributed by atoms with Crippen molar-refractivity contribution >= 4 is 28.3 Å². The number of carbonyl (C=O) groups excluding carboxylic acids is 1. The highest BCUT2D eigenvalue weighted by molar-refractivity contribution is 5.96. The lowest BCUT2D eigenvalue weighted by Crippen LogP contribution is -2.21. The Labute approximate surface area is 192 Å². The van der Waals surface area contributed by atoms with E-state index in [0.29, 0.717) is 28.6 Å². The third kappa shape index (κ3) is 4.27. The van der Waals surface area contributed by atoms with Crippen molar-refractivity contribution in [1.29, 1.82) is 0 Å². The molecule has 8 nitrogen and oxygen atoms in total. The van der Waals surface area contributed by atoms with Crippen LogP contribution in [0.25, 0.3) is 22.2 Å². The van der Waals surface area contributed by atoms with Crippen LogP contribution in [0.5, 0.6) is 17.2 Å². The molecule has 4 aromatic rings. The van der Waals surface area contributed by atoms with E-state index in [1.54, 1.807) is 46.5 Å². The summed E-state index contributed by atoms with van der Waals surface area (Å²) in [5, 5.41) is 4.28. The number of hydrogen-bond acceptors (Lipinski definition) is 6. The van der Waals surface area contributed by atoms with Crippen LogP contribution in [0.4, 0.5) is 11.5 Å². The minimum atomic E-state index is -0.0285. The van der Waals surface area contributed by atoms with Crippen LogP contribution in [0.15, 0.2) is 54.7 Å². The largest absolute Gasteiger partial charge is 0.493 e. The molecule has 0 saturated carbocycles. The van der Waals surface area contributed by atoms with Crippen LogP contribution < -0.4 is 19.5 Å². The van der Waals surface area contributed by atoms with Gasteiger partial charge in [-0.05, 0) is 29.8 Å². The van der Waals surface area contributed by atoms with Crippen LogP contribution in [-0.4, -0.2) is 56.2 Å². The Hall–Kier alpha value is -4.20. The van der Waals surface area contributed by atoms with Crippen LogP contribution >= 0.6 is 0 Å². The van der Waals surface area contributed by atoms with Crippen molar-refractivity contribution in [1.82, 2.24) is 14.9 Å². The number of carbonyl (C=O) groups is 1. The first-order valence-electron chi connectivity index (χ1n) is 10.3. The highest BCUT2D eigenvalue weighted by Gasteiger charge is 2.15. The van der Waals surface area contributed by atoms with E-state index in [1.165, 1.54) is 0 Å². The predicted molar refractivity (Wildman–Crippen MR) is 129 cm³/mol. The molecule has 2 aromatic heterocycles. The fourth-order valence-corrected chi connectivity index (χ4v) is 3.65. The second-order valence-corrected chi connectivity index (χ2v) is 7.62. The number of fused-ring (bicyclic) bond motifs is 1. The molecule has 33 heavy (non-hydrogen) atoms. The fourth-order valence-electron chi connectivity index (χ4n) is 3.65. The molecule has 0 atom stereocenters. The molecule has 0 bridgehead atoms. The van der Waals surface area contributed by atoms with Crippen LogP contribution in [0.1, 0.15) is 10.4 Å². The van der Waals surface area contributed by atoms with E-state index in [0.717, 1.165) is 27.8 Å². The number of H-pyrrole nitrogens is 1. The van der Waals surface area contributed by atoms with Crippen molar-refractivity contribution in [3.05, 3.63) is 60.3 Å². The number of hydrogen-bond donors (Lipinski definition) is 2. The van der Waals surface area contributed by atoms with E-state index >= 15 is 0 Å². The maximum absolute atomic E-state index is 12.2. The topological polar surface area (TPSA) is 88.7 Å². The lowest BCUT2D eigenvalue weighted by Gasteiger charge is -2.15. The van der Waals surface area contributed by atoms with E-state index in [1.807, 2.05) is 48.5 Å². The molecule has 0 aliphatic carbocycles. The molecule has 2 aromatic carbocycles. The Morgan fingerprint density at radius 1 is 0.939 bits per heavy atom. The summed E-state index contributed by atoms with van der Waals surface area (Å²) >= 11 is 0. The Balaban J connectivity index is 1.68. The molecule has 4 rings (SSSR count). The minimum Gasteiger partial charge on any atom is -0.493 e. The van der Waals surface area contributed by atoms with Crippen molar-refractivity contribution in [2.24, 2.45) is 0 Å². The smallest absolute Gasteiger partial charge is 0.253 e. The Morgan fingerprint density at radius 2 is 1.61 bits per heavy atom. The fraction of sp³-hybridized carbons (Fsp3) is 0.200. The number of aromatic amines is 1. The van der Waals surface area contributed by atoms with E-state index in [2.05, 4.69) is 15.3 Å². The van der Waals surface area contributed by atoms with E-state index in [-0.39, 0.29) is 5.91 Å². The number of nitrogens with one attached hydrogen (secondary N) is 2. The summed E-state index contributed by atoms with van der Waals surface area (Å²) < 4.78 is 16.3. The molecule has 0 aliphatic heterocycles. The number of methoxy groups -OCH3 is 3. The molecule has 1 amide bonds. The summed E-state index contributed by atoms with van der Waals surface area (Å²) in [7, 11) is 8.21. The molecule has 0 unspecified atom stereocenters. The van der Waals surface area contributed by atoms with Gasteiger partial charge in [0.1, 0.15) is 5.82 Å². The molecule has 170 valence electrons. The minimum absolute atomic E-state index is 0.0285. The summed E-state index contributed by atoms with van der Waals surface area (Å²) in [5.74, 6) is 2.28. The number of ether oxygens (including phenoxy) is 3. The number of benzene rings is 2. The summed E-state index contributed by atoms with van der Waals surface area (Å²) in [6.45, 7) is 0. The van der Waals surface area contributed by atoms with Crippen molar-refractivity contribution in [2.75, 3.05) is 40.7 Å². The molecule has 0 spiro atoms. The van der Waals surface area contributed by atoms with E-state index < -0.39 is 0 Å². The predicted octanol–water partition coefficient (Wildman–Crippen LogP) is 4.70. The molecule has 0 saturated heterocycles. The van der Waals surface area contributed by atoms with Crippen molar-refractivity contribution in [3.63, 3.8) is 0 Å². The summed E-state index contributed by atoms with van der Waals surface area (Å²) in [6, 6.07) is 15.1. The number of amides is 1. The Bertz CT molecular complexity index is 1270. The van der Waals surface area contributed by atoms with Gasteiger partial charge >= 0.3 is 0 Å². The maximum atomic E-state index is 12.2.